The summed E-state index contributed by atoms with van der Waals surface area (Å²) in [6.07, 6.45) is 1.46. The highest BCUT2D eigenvalue weighted by atomic mass is 14.9. The van der Waals surface area contributed by atoms with E-state index in [9.17, 15) is 0 Å². The Balaban J connectivity index is 1.97. The van der Waals surface area contributed by atoms with Crippen molar-refractivity contribution in [2.75, 3.05) is 13.1 Å². The van der Waals surface area contributed by atoms with Gasteiger partial charge in [-0.2, -0.15) is 0 Å². The highest BCUT2D eigenvalue weighted by Crippen LogP contribution is 2.43. The average molecular weight is 169 g/mol. The predicted octanol–water partition coefficient (Wildman–Crippen LogP) is 2.52. The second-order valence-electron chi connectivity index (χ2n) is 4.96. The number of hydrogen-bond acceptors (Lipinski definition) is 1. The van der Waals surface area contributed by atoms with Gasteiger partial charge in [-0.05, 0) is 43.2 Å². The van der Waals surface area contributed by atoms with Gasteiger partial charge in [-0.25, -0.2) is 0 Å². The van der Waals surface area contributed by atoms with E-state index < -0.39 is 0 Å². The largest absolute Gasteiger partial charge is 0.316 e. The van der Waals surface area contributed by atoms with Gasteiger partial charge in [0.05, 0.1) is 0 Å². The van der Waals surface area contributed by atoms with Crippen molar-refractivity contribution in [3.05, 3.63) is 0 Å². The molecule has 1 rings (SSSR count). The van der Waals surface area contributed by atoms with E-state index in [-0.39, 0.29) is 0 Å². The van der Waals surface area contributed by atoms with Crippen molar-refractivity contribution in [2.24, 2.45) is 23.7 Å². The topological polar surface area (TPSA) is 12.0 Å². The van der Waals surface area contributed by atoms with E-state index in [1.165, 1.54) is 19.5 Å². The molecule has 2 unspecified atom stereocenters. The molecular weight excluding hydrogens is 146 g/mol. The first-order chi connectivity index (χ1) is 5.61. The van der Waals surface area contributed by atoms with Gasteiger partial charge >= 0.3 is 0 Å². The minimum atomic E-state index is 0.793. The zero-order valence-corrected chi connectivity index (χ0v) is 8.93. The van der Waals surface area contributed by atoms with E-state index >= 15 is 0 Å². The first kappa shape index (κ1) is 10.0. The van der Waals surface area contributed by atoms with Crippen LogP contribution in [0.5, 0.6) is 0 Å². The molecule has 1 heteroatoms. The van der Waals surface area contributed by atoms with Crippen molar-refractivity contribution in [3.63, 3.8) is 0 Å². The summed E-state index contributed by atoms with van der Waals surface area (Å²) in [7, 11) is 0. The van der Waals surface area contributed by atoms with Gasteiger partial charge in [0.25, 0.3) is 0 Å². The Kier molecular flexibility index (Phi) is 3.57. The molecule has 2 atom stereocenters. The summed E-state index contributed by atoms with van der Waals surface area (Å²) >= 11 is 0. The third kappa shape index (κ3) is 3.14. The standard InChI is InChI=1S/C11H23N/c1-8(2)6-12-7-10-5-11(10)9(3)4/h8-12H,5-7H2,1-4H3. The highest BCUT2D eigenvalue weighted by molar-refractivity contribution is 4.89. The smallest absolute Gasteiger partial charge is 0.00175 e. The van der Waals surface area contributed by atoms with E-state index in [2.05, 4.69) is 33.0 Å². The quantitative estimate of drug-likeness (QED) is 0.667. The maximum absolute atomic E-state index is 3.53. The molecule has 1 aliphatic rings. The summed E-state index contributed by atoms with van der Waals surface area (Å²) in [5.41, 5.74) is 0. The fraction of sp³-hybridized carbons (Fsp3) is 1.00. The van der Waals surface area contributed by atoms with Crippen LogP contribution in [0.4, 0.5) is 0 Å². The van der Waals surface area contributed by atoms with Crippen LogP contribution in [0.15, 0.2) is 0 Å². The van der Waals surface area contributed by atoms with E-state index in [4.69, 9.17) is 0 Å². The summed E-state index contributed by atoms with van der Waals surface area (Å²) in [4.78, 5) is 0. The maximum atomic E-state index is 3.53. The lowest BCUT2D eigenvalue weighted by Gasteiger charge is -2.07. The van der Waals surface area contributed by atoms with Crippen molar-refractivity contribution >= 4 is 0 Å². The first-order valence-electron chi connectivity index (χ1n) is 5.32. The third-order valence-corrected chi connectivity index (χ3v) is 2.79. The van der Waals surface area contributed by atoms with Gasteiger partial charge in [-0.1, -0.05) is 27.7 Å². The zero-order chi connectivity index (χ0) is 9.14. The molecule has 1 aliphatic carbocycles. The molecule has 1 saturated carbocycles. The molecule has 12 heavy (non-hydrogen) atoms. The van der Waals surface area contributed by atoms with Crippen LogP contribution in [0, 0.1) is 23.7 Å². The highest BCUT2D eigenvalue weighted by Gasteiger charge is 2.38. The normalized spacial score (nSPS) is 28.5. The van der Waals surface area contributed by atoms with Gasteiger partial charge in [0.15, 0.2) is 0 Å². The Bertz CT molecular complexity index is 129. The summed E-state index contributed by atoms with van der Waals surface area (Å²) in [5, 5.41) is 3.53. The Hall–Kier alpha value is -0.0400. The first-order valence-corrected chi connectivity index (χ1v) is 5.32. The van der Waals surface area contributed by atoms with Crippen LogP contribution >= 0.6 is 0 Å². The van der Waals surface area contributed by atoms with Crippen molar-refractivity contribution in [2.45, 2.75) is 34.1 Å². The second kappa shape index (κ2) is 4.27. The lowest BCUT2D eigenvalue weighted by molar-refractivity contribution is 0.478. The monoisotopic (exact) mass is 169 g/mol. The third-order valence-electron chi connectivity index (χ3n) is 2.79. The number of hydrogen-bond donors (Lipinski definition) is 1. The Morgan fingerprint density at radius 1 is 1.25 bits per heavy atom. The molecular formula is C11H23N. The zero-order valence-electron chi connectivity index (χ0n) is 8.93. The predicted molar refractivity (Wildman–Crippen MR) is 54.1 cm³/mol. The van der Waals surface area contributed by atoms with Gasteiger partial charge in [0.1, 0.15) is 0 Å². The summed E-state index contributed by atoms with van der Waals surface area (Å²) < 4.78 is 0. The Labute approximate surface area is 76.9 Å². The second-order valence-corrected chi connectivity index (χ2v) is 4.96. The van der Waals surface area contributed by atoms with Gasteiger partial charge < -0.3 is 5.32 Å². The molecule has 1 N–H and O–H groups in total. The van der Waals surface area contributed by atoms with Crippen LogP contribution in [-0.4, -0.2) is 13.1 Å². The van der Waals surface area contributed by atoms with Gasteiger partial charge in [-0.3, -0.25) is 0 Å². The minimum Gasteiger partial charge on any atom is -0.316 e. The van der Waals surface area contributed by atoms with Crippen LogP contribution in [0.25, 0.3) is 0 Å². The molecule has 0 radical (unpaired) electrons. The number of nitrogens with one attached hydrogen (secondary N) is 1. The van der Waals surface area contributed by atoms with E-state index in [1.54, 1.807) is 0 Å². The van der Waals surface area contributed by atoms with Crippen LogP contribution in [0.3, 0.4) is 0 Å². The molecule has 0 aromatic rings. The summed E-state index contributed by atoms with van der Waals surface area (Å²) in [5.74, 6) is 3.70. The lowest BCUT2D eigenvalue weighted by Crippen LogP contribution is -2.22. The lowest BCUT2D eigenvalue weighted by atomic mass is 10.1. The molecule has 0 spiro atoms. The van der Waals surface area contributed by atoms with Crippen LogP contribution in [-0.2, 0) is 0 Å². The average Bonchev–Trinajstić information content (AvgIpc) is 2.66. The molecule has 1 fully saturated rings. The Morgan fingerprint density at radius 2 is 1.92 bits per heavy atom. The number of rotatable bonds is 5. The molecule has 0 bridgehead atoms. The molecule has 0 saturated heterocycles. The van der Waals surface area contributed by atoms with E-state index in [0.717, 1.165) is 23.7 Å². The van der Waals surface area contributed by atoms with Crippen molar-refractivity contribution in [3.8, 4) is 0 Å². The fourth-order valence-electron chi connectivity index (χ4n) is 1.88. The van der Waals surface area contributed by atoms with Crippen molar-refractivity contribution in [1.82, 2.24) is 5.32 Å². The van der Waals surface area contributed by atoms with Crippen LogP contribution in [0.1, 0.15) is 34.1 Å². The van der Waals surface area contributed by atoms with E-state index in [0.29, 0.717) is 0 Å². The molecule has 0 aliphatic heterocycles. The Morgan fingerprint density at radius 3 is 2.33 bits per heavy atom. The molecule has 1 nitrogen and oxygen atoms in total. The summed E-state index contributed by atoms with van der Waals surface area (Å²) in [6.45, 7) is 11.6. The molecule has 0 aromatic heterocycles. The maximum Gasteiger partial charge on any atom is -0.00175 e. The fourth-order valence-corrected chi connectivity index (χ4v) is 1.88. The SMILES string of the molecule is CC(C)CNCC1CC1C(C)C. The van der Waals surface area contributed by atoms with E-state index in [1.807, 2.05) is 0 Å². The molecule has 0 heterocycles. The van der Waals surface area contributed by atoms with Gasteiger partial charge in [-0.15, -0.1) is 0 Å². The van der Waals surface area contributed by atoms with Gasteiger partial charge in [0, 0.05) is 0 Å². The molecule has 0 aromatic carbocycles. The minimum absolute atomic E-state index is 0.793. The molecule has 72 valence electrons. The summed E-state index contributed by atoms with van der Waals surface area (Å²) in [6, 6.07) is 0. The van der Waals surface area contributed by atoms with Crippen LogP contribution < -0.4 is 5.32 Å². The molecule has 0 amide bonds. The van der Waals surface area contributed by atoms with Crippen molar-refractivity contribution < 1.29 is 0 Å². The van der Waals surface area contributed by atoms with Gasteiger partial charge in [0.2, 0.25) is 0 Å². The van der Waals surface area contributed by atoms with Crippen molar-refractivity contribution in [1.29, 1.82) is 0 Å². The van der Waals surface area contributed by atoms with Crippen LogP contribution in [0.2, 0.25) is 0 Å².